The third-order valence-corrected chi connectivity index (χ3v) is 4.73. The summed E-state index contributed by atoms with van der Waals surface area (Å²) in [6, 6.07) is 13.2. The molecule has 1 heterocycles. The van der Waals surface area contributed by atoms with Crippen molar-refractivity contribution in [3.63, 3.8) is 0 Å². The van der Waals surface area contributed by atoms with Gasteiger partial charge in [0.2, 0.25) is 0 Å². The molecule has 1 fully saturated rings. The molecule has 7 nitrogen and oxygen atoms in total. The van der Waals surface area contributed by atoms with Crippen molar-refractivity contribution < 1.29 is 19.0 Å². The Balaban J connectivity index is 1.60. The van der Waals surface area contributed by atoms with Crippen molar-refractivity contribution in [1.82, 2.24) is 4.90 Å². The van der Waals surface area contributed by atoms with Gasteiger partial charge in [0.25, 0.3) is 0 Å². The fourth-order valence-electron chi connectivity index (χ4n) is 3.23. The van der Waals surface area contributed by atoms with Crippen LogP contribution in [0.3, 0.4) is 0 Å². The van der Waals surface area contributed by atoms with E-state index in [0.29, 0.717) is 42.6 Å². The maximum Gasteiger partial charge on any atom is 0.322 e. The van der Waals surface area contributed by atoms with Gasteiger partial charge < -0.3 is 29.3 Å². The average Bonchev–Trinajstić information content (AvgIpc) is 2.75. The lowest BCUT2D eigenvalue weighted by Crippen LogP contribution is -2.50. The van der Waals surface area contributed by atoms with E-state index in [1.165, 1.54) is 0 Å². The molecule has 0 radical (unpaired) electrons. The molecule has 1 saturated heterocycles. The minimum absolute atomic E-state index is 0.112. The van der Waals surface area contributed by atoms with Gasteiger partial charge >= 0.3 is 6.03 Å². The Morgan fingerprint density at radius 3 is 2.36 bits per heavy atom. The van der Waals surface area contributed by atoms with Gasteiger partial charge in [-0.3, -0.25) is 0 Å². The second-order valence-corrected chi connectivity index (χ2v) is 6.37. The van der Waals surface area contributed by atoms with Gasteiger partial charge in [-0.1, -0.05) is 12.1 Å². The Morgan fingerprint density at radius 1 is 0.964 bits per heavy atom. The lowest BCUT2D eigenvalue weighted by molar-refractivity contribution is 0.208. The Morgan fingerprint density at radius 2 is 1.68 bits per heavy atom. The number of piperazine rings is 1. The molecule has 0 unspecified atom stereocenters. The van der Waals surface area contributed by atoms with Crippen LogP contribution in [0.5, 0.6) is 17.2 Å². The van der Waals surface area contributed by atoms with Gasteiger partial charge in [0.15, 0.2) is 11.5 Å². The molecule has 0 aromatic heterocycles. The minimum Gasteiger partial charge on any atom is -0.493 e. The highest BCUT2D eigenvalue weighted by Gasteiger charge is 2.22. The number of anilines is 2. The third kappa shape index (κ3) is 4.42. The first-order valence-corrected chi connectivity index (χ1v) is 9.41. The van der Waals surface area contributed by atoms with Crippen molar-refractivity contribution in [1.29, 1.82) is 0 Å². The number of rotatable bonds is 6. The van der Waals surface area contributed by atoms with Crippen molar-refractivity contribution in [3.05, 3.63) is 42.5 Å². The first-order chi connectivity index (χ1) is 13.7. The summed E-state index contributed by atoms with van der Waals surface area (Å²) in [4.78, 5) is 16.7. The van der Waals surface area contributed by atoms with Crippen molar-refractivity contribution in [2.24, 2.45) is 0 Å². The molecule has 1 N–H and O–H groups in total. The summed E-state index contributed by atoms with van der Waals surface area (Å²) in [7, 11) is 3.25. The lowest BCUT2D eigenvalue weighted by Gasteiger charge is -2.36. The fraction of sp³-hybridized carbons (Fsp3) is 0.381. The number of hydrogen-bond acceptors (Lipinski definition) is 5. The number of nitrogens with zero attached hydrogens (tertiary/aromatic N) is 2. The summed E-state index contributed by atoms with van der Waals surface area (Å²) in [5, 5.41) is 2.96. The number of methoxy groups -OCH3 is 2. The van der Waals surface area contributed by atoms with Gasteiger partial charge in [-0.2, -0.15) is 0 Å². The standard InChI is InChI=1S/C21H27N3O4/c1-4-28-18-8-6-5-7-17(18)22-21(25)24-13-11-23(12-14-24)16-9-10-19(26-2)20(15-16)27-3/h5-10,15H,4,11-14H2,1-3H3,(H,22,25). The van der Waals surface area contributed by atoms with Gasteiger partial charge in [-0.05, 0) is 31.2 Å². The average molecular weight is 385 g/mol. The SMILES string of the molecule is CCOc1ccccc1NC(=O)N1CCN(c2ccc(OC)c(OC)c2)CC1. The summed E-state index contributed by atoms with van der Waals surface area (Å²) in [6.45, 7) is 5.24. The van der Waals surface area contributed by atoms with Gasteiger partial charge in [-0.25, -0.2) is 4.79 Å². The molecule has 28 heavy (non-hydrogen) atoms. The van der Waals surface area contributed by atoms with E-state index in [1.807, 2.05) is 54.3 Å². The van der Waals surface area contributed by atoms with E-state index >= 15 is 0 Å². The molecule has 1 aliphatic rings. The fourth-order valence-corrected chi connectivity index (χ4v) is 3.23. The second-order valence-electron chi connectivity index (χ2n) is 6.37. The molecule has 1 aliphatic heterocycles. The number of carbonyl (C=O) groups excluding carboxylic acids is 1. The van der Waals surface area contributed by atoms with Crippen LogP contribution in [0.25, 0.3) is 0 Å². The zero-order valence-electron chi connectivity index (χ0n) is 16.6. The van der Waals surface area contributed by atoms with E-state index in [9.17, 15) is 4.79 Å². The van der Waals surface area contributed by atoms with E-state index in [0.717, 1.165) is 18.8 Å². The molecular formula is C21H27N3O4. The number of amides is 2. The van der Waals surface area contributed by atoms with Crippen LogP contribution in [0.1, 0.15) is 6.92 Å². The van der Waals surface area contributed by atoms with Crippen molar-refractivity contribution in [2.75, 3.05) is 57.2 Å². The van der Waals surface area contributed by atoms with Crippen molar-refractivity contribution in [3.8, 4) is 17.2 Å². The van der Waals surface area contributed by atoms with E-state index in [1.54, 1.807) is 14.2 Å². The Hall–Kier alpha value is -3.09. The first-order valence-electron chi connectivity index (χ1n) is 9.41. The zero-order chi connectivity index (χ0) is 19.9. The van der Waals surface area contributed by atoms with Gasteiger partial charge in [0, 0.05) is 37.9 Å². The van der Waals surface area contributed by atoms with Crippen molar-refractivity contribution in [2.45, 2.75) is 6.92 Å². The maximum atomic E-state index is 12.7. The van der Waals surface area contributed by atoms with Gasteiger partial charge in [-0.15, -0.1) is 0 Å². The van der Waals surface area contributed by atoms with E-state index in [4.69, 9.17) is 14.2 Å². The Kier molecular flexibility index (Phi) is 6.47. The van der Waals surface area contributed by atoms with Gasteiger partial charge in [0.05, 0.1) is 26.5 Å². The highest BCUT2D eigenvalue weighted by atomic mass is 16.5. The largest absolute Gasteiger partial charge is 0.493 e. The van der Waals surface area contributed by atoms with Crippen LogP contribution < -0.4 is 24.4 Å². The summed E-state index contributed by atoms with van der Waals surface area (Å²) < 4.78 is 16.3. The number of nitrogens with one attached hydrogen (secondary N) is 1. The van der Waals surface area contributed by atoms with Crippen LogP contribution in [0.2, 0.25) is 0 Å². The monoisotopic (exact) mass is 385 g/mol. The minimum atomic E-state index is -0.112. The van der Waals surface area contributed by atoms with Crippen LogP contribution in [0.4, 0.5) is 16.2 Å². The molecule has 3 rings (SSSR count). The molecule has 2 amide bonds. The highest BCUT2D eigenvalue weighted by Crippen LogP contribution is 2.32. The number of urea groups is 1. The van der Waals surface area contributed by atoms with E-state index in [-0.39, 0.29) is 6.03 Å². The predicted octanol–water partition coefficient (Wildman–Crippen LogP) is 3.46. The lowest BCUT2D eigenvalue weighted by atomic mass is 10.2. The van der Waals surface area contributed by atoms with Crippen LogP contribution in [-0.4, -0.2) is 57.9 Å². The summed E-state index contributed by atoms with van der Waals surface area (Å²) in [5.74, 6) is 2.09. The quantitative estimate of drug-likeness (QED) is 0.825. The first kappa shape index (κ1) is 19.7. The third-order valence-electron chi connectivity index (χ3n) is 4.73. The van der Waals surface area contributed by atoms with E-state index < -0.39 is 0 Å². The Bertz CT molecular complexity index is 804. The van der Waals surface area contributed by atoms with Crippen molar-refractivity contribution >= 4 is 17.4 Å². The van der Waals surface area contributed by atoms with Crippen LogP contribution in [0, 0.1) is 0 Å². The molecule has 0 saturated carbocycles. The number of benzene rings is 2. The summed E-state index contributed by atoms with van der Waals surface area (Å²) in [6.07, 6.45) is 0. The molecule has 7 heteroatoms. The molecule has 0 aliphatic carbocycles. The molecule has 0 atom stereocenters. The summed E-state index contributed by atoms with van der Waals surface area (Å²) in [5.41, 5.74) is 1.75. The number of para-hydroxylation sites is 2. The van der Waals surface area contributed by atoms with E-state index in [2.05, 4.69) is 10.2 Å². The molecule has 0 bridgehead atoms. The predicted molar refractivity (Wildman–Crippen MR) is 110 cm³/mol. The molecule has 2 aromatic rings. The smallest absolute Gasteiger partial charge is 0.322 e. The molecule has 150 valence electrons. The zero-order valence-corrected chi connectivity index (χ0v) is 16.6. The number of carbonyl (C=O) groups is 1. The normalized spacial score (nSPS) is 13.8. The van der Waals surface area contributed by atoms with Crippen LogP contribution >= 0.6 is 0 Å². The number of ether oxygens (including phenoxy) is 3. The van der Waals surface area contributed by atoms with Gasteiger partial charge in [0.1, 0.15) is 5.75 Å². The maximum absolute atomic E-state index is 12.7. The Labute approximate surface area is 165 Å². The highest BCUT2D eigenvalue weighted by molar-refractivity contribution is 5.91. The van der Waals surface area contributed by atoms with Crippen LogP contribution in [-0.2, 0) is 0 Å². The molecular weight excluding hydrogens is 358 g/mol. The topological polar surface area (TPSA) is 63.3 Å². The summed E-state index contributed by atoms with van der Waals surface area (Å²) >= 11 is 0. The molecule has 0 spiro atoms. The second kappa shape index (κ2) is 9.21. The molecule has 2 aromatic carbocycles. The van der Waals surface area contributed by atoms with Crippen LogP contribution in [0.15, 0.2) is 42.5 Å². The number of hydrogen-bond donors (Lipinski definition) is 1.